The summed E-state index contributed by atoms with van der Waals surface area (Å²) in [6, 6.07) is 0. The third-order valence-electron chi connectivity index (χ3n) is 2.49. The number of ether oxygens (including phenoxy) is 3. The van der Waals surface area contributed by atoms with Crippen LogP contribution < -0.4 is 0 Å². The fourth-order valence-corrected chi connectivity index (χ4v) is 2.62. The molecule has 2 fully saturated rings. The van der Waals surface area contributed by atoms with E-state index in [1.807, 2.05) is 0 Å². The van der Waals surface area contributed by atoms with Gasteiger partial charge in [-0.15, -0.1) is 0 Å². The maximum Gasteiger partial charge on any atom is 0.207 e. The molecule has 0 spiro atoms. The summed E-state index contributed by atoms with van der Waals surface area (Å²) in [4.78, 5) is 0. The second-order valence-electron chi connectivity index (χ2n) is 3.41. The van der Waals surface area contributed by atoms with Crippen LogP contribution in [0.4, 0.5) is 0 Å². The molecule has 2 aliphatic heterocycles. The van der Waals surface area contributed by atoms with Gasteiger partial charge in [0.2, 0.25) is 5.79 Å². The highest BCUT2D eigenvalue weighted by molar-refractivity contribution is 14.1. The normalized spacial score (nSPS) is 46.9. The van der Waals surface area contributed by atoms with Gasteiger partial charge in [0, 0.05) is 6.42 Å². The van der Waals surface area contributed by atoms with Crippen LogP contribution in [0.15, 0.2) is 0 Å². The zero-order valence-corrected chi connectivity index (χ0v) is 9.72. The lowest BCUT2D eigenvalue weighted by molar-refractivity contribution is -0.400. The molecule has 4 atom stereocenters. The third kappa shape index (κ3) is 1.79. The molecule has 2 heterocycles. The summed E-state index contributed by atoms with van der Waals surface area (Å²) in [6.07, 6.45) is -0.0480. The zero-order valence-electron chi connectivity index (χ0n) is 7.56. The molecule has 5 nitrogen and oxygen atoms in total. The molecule has 14 heavy (non-hydrogen) atoms. The third-order valence-corrected chi connectivity index (χ3v) is 3.89. The number of alkyl halides is 1. The maximum absolute atomic E-state index is 9.88. The summed E-state index contributed by atoms with van der Waals surface area (Å²) in [6.45, 7) is 0.659. The lowest BCUT2D eigenvalue weighted by Gasteiger charge is -2.52. The quantitative estimate of drug-likeness (QED) is 0.549. The molecule has 2 aliphatic rings. The van der Waals surface area contributed by atoms with E-state index in [2.05, 4.69) is 22.6 Å². The Labute approximate surface area is 95.5 Å². The lowest BCUT2D eigenvalue weighted by Crippen LogP contribution is -2.68. The topological polar surface area (TPSA) is 68.2 Å². The smallest absolute Gasteiger partial charge is 0.207 e. The Morgan fingerprint density at radius 2 is 2.36 bits per heavy atom. The second-order valence-corrected chi connectivity index (χ2v) is 4.92. The van der Waals surface area contributed by atoms with E-state index in [-0.39, 0.29) is 29.5 Å². The first kappa shape index (κ1) is 11.0. The Bertz CT molecular complexity index is 204. The first-order chi connectivity index (χ1) is 6.66. The molecule has 6 heteroatoms. The van der Waals surface area contributed by atoms with Crippen LogP contribution in [-0.4, -0.2) is 52.1 Å². The number of aliphatic hydroxyl groups excluding tert-OH is 1. The molecule has 2 N–H and O–H groups in total. The Morgan fingerprint density at radius 1 is 1.57 bits per heavy atom. The number of fused-ring (bicyclic) bond motifs is 1. The summed E-state index contributed by atoms with van der Waals surface area (Å²) in [5.74, 6) is -1.13. The fraction of sp³-hybridized carbons (Fsp3) is 1.00. The van der Waals surface area contributed by atoms with Gasteiger partial charge >= 0.3 is 0 Å². The molecular weight excluding hydrogens is 303 g/mol. The van der Waals surface area contributed by atoms with Crippen molar-refractivity contribution < 1.29 is 24.4 Å². The number of aliphatic hydroxyl groups is 2. The Hall–Kier alpha value is 0.530. The summed E-state index contributed by atoms with van der Waals surface area (Å²) < 4.78 is 15.8. The van der Waals surface area contributed by atoms with E-state index >= 15 is 0 Å². The molecule has 82 valence electrons. The highest BCUT2D eigenvalue weighted by Gasteiger charge is 2.57. The number of rotatable bonds is 3. The van der Waals surface area contributed by atoms with Gasteiger partial charge in [0.1, 0.15) is 6.10 Å². The van der Waals surface area contributed by atoms with Crippen LogP contribution in [0.5, 0.6) is 0 Å². The van der Waals surface area contributed by atoms with Crippen molar-refractivity contribution in [1.29, 1.82) is 0 Å². The number of halogens is 1. The molecule has 0 bridgehead atoms. The SMILES string of the molecule is OCCO[C@H]1CC(I)C2(O)OCC2O1. The second kappa shape index (κ2) is 4.18. The van der Waals surface area contributed by atoms with Crippen LogP contribution in [0.2, 0.25) is 0 Å². The van der Waals surface area contributed by atoms with Crippen molar-refractivity contribution in [3.8, 4) is 0 Å². The molecule has 0 aliphatic carbocycles. The Morgan fingerprint density at radius 3 is 2.86 bits per heavy atom. The fourth-order valence-electron chi connectivity index (χ4n) is 1.62. The van der Waals surface area contributed by atoms with Crippen molar-refractivity contribution in [1.82, 2.24) is 0 Å². The first-order valence-corrected chi connectivity index (χ1v) is 5.79. The molecule has 0 aromatic rings. The van der Waals surface area contributed by atoms with Gasteiger partial charge in [-0.2, -0.15) is 0 Å². The highest BCUT2D eigenvalue weighted by Crippen LogP contribution is 2.41. The Kier molecular flexibility index (Phi) is 3.30. The molecule has 2 saturated heterocycles. The number of hydrogen-bond acceptors (Lipinski definition) is 5. The summed E-state index contributed by atoms with van der Waals surface area (Å²) in [5, 5.41) is 18.5. The van der Waals surface area contributed by atoms with Gasteiger partial charge < -0.3 is 24.4 Å². The van der Waals surface area contributed by atoms with Crippen molar-refractivity contribution in [3.05, 3.63) is 0 Å². The summed E-state index contributed by atoms with van der Waals surface area (Å²) >= 11 is 2.14. The van der Waals surface area contributed by atoms with Gasteiger partial charge in [-0.1, -0.05) is 22.6 Å². The molecule has 3 unspecified atom stereocenters. The molecule has 0 amide bonds. The predicted octanol–water partition coefficient (Wildman–Crippen LogP) is -0.367. The van der Waals surface area contributed by atoms with Gasteiger partial charge in [-0.3, -0.25) is 0 Å². The van der Waals surface area contributed by atoms with Crippen LogP contribution >= 0.6 is 22.6 Å². The van der Waals surface area contributed by atoms with Gasteiger partial charge in [-0.05, 0) is 0 Å². The van der Waals surface area contributed by atoms with Crippen molar-refractivity contribution in [3.63, 3.8) is 0 Å². The van der Waals surface area contributed by atoms with E-state index in [0.29, 0.717) is 13.0 Å². The van der Waals surface area contributed by atoms with E-state index < -0.39 is 5.79 Å². The molecule has 0 radical (unpaired) electrons. The molecule has 0 aromatic carbocycles. The van der Waals surface area contributed by atoms with E-state index in [0.717, 1.165) is 0 Å². The predicted molar refractivity (Wildman–Crippen MR) is 55.0 cm³/mol. The van der Waals surface area contributed by atoms with Gasteiger partial charge in [0.25, 0.3) is 0 Å². The minimum Gasteiger partial charge on any atom is -0.394 e. The zero-order chi connectivity index (χ0) is 10.2. The van der Waals surface area contributed by atoms with Gasteiger partial charge in [-0.25, -0.2) is 0 Å². The largest absolute Gasteiger partial charge is 0.394 e. The van der Waals surface area contributed by atoms with Crippen LogP contribution in [-0.2, 0) is 14.2 Å². The first-order valence-electron chi connectivity index (χ1n) is 4.55. The number of hydrogen-bond donors (Lipinski definition) is 2. The monoisotopic (exact) mass is 316 g/mol. The Balaban J connectivity index is 1.89. The maximum atomic E-state index is 9.88. The average Bonchev–Trinajstić information content (AvgIpc) is 2.16. The molecule has 0 saturated carbocycles. The van der Waals surface area contributed by atoms with E-state index in [4.69, 9.17) is 19.3 Å². The van der Waals surface area contributed by atoms with E-state index in [9.17, 15) is 5.11 Å². The highest BCUT2D eigenvalue weighted by atomic mass is 127. The van der Waals surface area contributed by atoms with Crippen molar-refractivity contribution in [2.45, 2.75) is 28.5 Å². The standard InChI is InChI=1S/C8H13IO5/c9-5-3-7(12-2-1-10)14-6-4-13-8(5,6)11/h5-7,10-11H,1-4H2/t5?,6?,7-,8?/m1/s1. The van der Waals surface area contributed by atoms with Crippen molar-refractivity contribution >= 4 is 22.6 Å². The van der Waals surface area contributed by atoms with Crippen LogP contribution in [0.3, 0.4) is 0 Å². The van der Waals surface area contributed by atoms with Gasteiger partial charge in [0.05, 0.1) is 23.7 Å². The van der Waals surface area contributed by atoms with Crippen LogP contribution in [0.1, 0.15) is 6.42 Å². The summed E-state index contributed by atoms with van der Waals surface area (Å²) in [5.41, 5.74) is 0. The summed E-state index contributed by atoms with van der Waals surface area (Å²) in [7, 11) is 0. The molecule has 2 rings (SSSR count). The van der Waals surface area contributed by atoms with Crippen molar-refractivity contribution in [2.75, 3.05) is 19.8 Å². The minimum absolute atomic E-state index is 0.0167. The lowest BCUT2D eigenvalue weighted by atomic mass is 9.96. The van der Waals surface area contributed by atoms with Crippen molar-refractivity contribution in [2.24, 2.45) is 0 Å². The van der Waals surface area contributed by atoms with Crippen LogP contribution in [0.25, 0.3) is 0 Å². The molecule has 0 aromatic heterocycles. The molecular formula is C8H13IO5. The average molecular weight is 316 g/mol. The van der Waals surface area contributed by atoms with Gasteiger partial charge in [0.15, 0.2) is 6.29 Å². The minimum atomic E-state index is -1.13. The van der Waals surface area contributed by atoms with E-state index in [1.165, 1.54) is 0 Å². The van der Waals surface area contributed by atoms with Crippen LogP contribution in [0, 0.1) is 0 Å². The van der Waals surface area contributed by atoms with E-state index in [1.54, 1.807) is 0 Å².